The van der Waals surface area contributed by atoms with Crippen molar-refractivity contribution in [2.24, 2.45) is 0 Å². The van der Waals surface area contributed by atoms with E-state index in [1.165, 1.54) is 49.8 Å². The number of unbranched alkanes of at least 4 members (excludes halogenated alkanes) is 11. The molecule has 0 saturated heterocycles. The molecule has 194 valence electrons. The van der Waals surface area contributed by atoms with Crippen molar-refractivity contribution in [3.63, 3.8) is 0 Å². The maximum Gasteiger partial charge on any atom is 0.416 e. The van der Waals surface area contributed by atoms with Crippen molar-refractivity contribution in [3.8, 4) is 0 Å². The molecule has 0 heterocycles. The maximum absolute atomic E-state index is 12.5. The summed E-state index contributed by atoms with van der Waals surface area (Å²) < 4.78 is 0. The number of carbonyl (C=O) groups excluding carboxylic acids is 1. The van der Waals surface area contributed by atoms with E-state index >= 15 is 0 Å². The molecular formula is C25H46N2Na2O6. The summed E-state index contributed by atoms with van der Waals surface area (Å²) in [6, 6.07) is -0.639. The van der Waals surface area contributed by atoms with Crippen LogP contribution >= 0.6 is 0 Å². The molecule has 0 aliphatic rings. The monoisotopic (exact) mass is 516 g/mol. The fourth-order valence-corrected chi connectivity index (χ4v) is 3.79. The molecule has 0 spiro atoms. The van der Waals surface area contributed by atoms with Gasteiger partial charge in [-0.05, 0) is 39.0 Å². The molecule has 0 aromatic rings. The van der Waals surface area contributed by atoms with Gasteiger partial charge in [0.25, 0.3) is 0 Å². The summed E-state index contributed by atoms with van der Waals surface area (Å²) in [5, 5.41) is 27.2. The Bertz CT molecular complexity index is 564. The number of aliphatic hydroxyl groups is 1. The van der Waals surface area contributed by atoms with Crippen LogP contribution in [0, 0.1) is 0 Å². The first-order chi connectivity index (χ1) is 15.8. The van der Waals surface area contributed by atoms with E-state index in [0.717, 1.165) is 38.5 Å². The molecular weight excluding hydrogens is 470 g/mol. The molecule has 2 radical (unpaired) electrons. The largest absolute Gasteiger partial charge is 0.465 e. The van der Waals surface area contributed by atoms with E-state index in [1.807, 2.05) is 0 Å². The Morgan fingerprint density at radius 3 is 1.69 bits per heavy atom. The van der Waals surface area contributed by atoms with Crippen LogP contribution in [0.25, 0.3) is 0 Å². The molecule has 0 rings (SSSR count). The molecule has 0 aromatic carbocycles. The van der Waals surface area contributed by atoms with Gasteiger partial charge in [-0.15, -0.1) is 0 Å². The van der Waals surface area contributed by atoms with Gasteiger partial charge >= 0.3 is 12.2 Å². The average Bonchev–Trinajstić information content (AvgIpc) is 2.77. The summed E-state index contributed by atoms with van der Waals surface area (Å²) in [4.78, 5) is 36.2. The zero-order valence-electron chi connectivity index (χ0n) is 22.7. The summed E-state index contributed by atoms with van der Waals surface area (Å²) in [6.45, 7) is 3.27. The first-order valence-corrected chi connectivity index (χ1v) is 12.6. The van der Waals surface area contributed by atoms with Gasteiger partial charge in [-0.1, -0.05) is 70.4 Å². The second-order valence-electron chi connectivity index (χ2n) is 8.67. The number of carboxylic acid groups (broad SMARTS) is 2. The van der Waals surface area contributed by atoms with Gasteiger partial charge in [0.05, 0.1) is 13.2 Å². The van der Waals surface area contributed by atoms with Crippen LogP contribution in [-0.4, -0.2) is 128 Å². The number of aliphatic hydroxyl groups excluding tert-OH is 1. The molecule has 0 bridgehead atoms. The molecule has 3 amide bonds. The van der Waals surface area contributed by atoms with E-state index in [2.05, 4.69) is 19.1 Å². The third kappa shape index (κ3) is 21.7. The topological polar surface area (TPSA) is 118 Å². The minimum atomic E-state index is -1.58. The second-order valence-corrected chi connectivity index (χ2v) is 8.67. The SMILES string of the molecule is CCCCCCCC/C=C\CCCCCCCC(=O)N(CCO)C(C)CN(C(=O)O)C(=O)O.[Na].[Na]. The number of nitrogens with zero attached hydrogens (tertiary/aromatic N) is 2. The van der Waals surface area contributed by atoms with Gasteiger partial charge < -0.3 is 20.2 Å². The quantitative estimate of drug-likeness (QED) is 0.117. The zero-order chi connectivity index (χ0) is 24.9. The second kappa shape index (κ2) is 27.0. The van der Waals surface area contributed by atoms with Crippen LogP contribution in [0.5, 0.6) is 0 Å². The van der Waals surface area contributed by atoms with Crippen molar-refractivity contribution >= 4 is 77.2 Å². The van der Waals surface area contributed by atoms with Gasteiger partial charge in [-0.3, -0.25) is 4.79 Å². The Balaban J connectivity index is -0.00000512. The molecule has 35 heavy (non-hydrogen) atoms. The minimum absolute atomic E-state index is 0. The smallest absolute Gasteiger partial charge is 0.416 e. The standard InChI is InChI=1S/C25H46N2O6.2Na/c1-3-4-5-6-7-8-9-10-11-12-13-14-15-16-17-18-23(29)26(19-20-28)22(2)21-27(24(30)31)25(32)33;;/h10-11,22,28H,3-9,12-21H2,1-2H3,(H,30,31)(H,32,33);;/b11-10-;;. The number of carbonyl (C=O) groups is 3. The summed E-state index contributed by atoms with van der Waals surface area (Å²) in [5.41, 5.74) is 0. The fourth-order valence-electron chi connectivity index (χ4n) is 3.79. The number of hydrogen-bond acceptors (Lipinski definition) is 4. The van der Waals surface area contributed by atoms with Gasteiger partial charge in [-0.25, -0.2) is 14.5 Å². The van der Waals surface area contributed by atoms with Crippen molar-refractivity contribution in [1.82, 2.24) is 9.80 Å². The van der Waals surface area contributed by atoms with Crippen molar-refractivity contribution in [1.29, 1.82) is 0 Å². The first-order valence-electron chi connectivity index (χ1n) is 12.6. The molecule has 0 aromatic heterocycles. The van der Waals surface area contributed by atoms with E-state index in [0.29, 0.717) is 6.42 Å². The Morgan fingerprint density at radius 1 is 0.771 bits per heavy atom. The fraction of sp³-hybridized carbons (Fsp3) is 0.800. The van der Waals surface area contributed by atoms with Crippen molar-refractivity contribution in [2.75, 3.05) is 19.7 Å². The summed E-state index contributed by atoms with van der Waals surface area (Å²) in [7, 11) is 0. The van der Waals surface area contributed by atoms with Crippen molar-refractivity contribution in [2.45, 2.75) is 110 Å². The third-order valence-corrected chi connectivity index (χ3v) is 5.75. The molecule has 0 saturated carbocycles. The van der Waals surface area contributed by atoms with Crippen LogP contribution in [0.15, 0.2) is 12.2 Å². The van der Waals surface area contributed by atoms with E-state index in [1.54, 1.807) is 6.92 Å². The summed E-state index contributed by atoms with van der Waals surface area (Å²) in [6.07, 6.45) is 16.9. The van der Waals surface area contributed by atoms with E-state index in [9.17, 15) is 19.5 Å². The summed E-state index contributed by atoms with van der Waals surface area (Å²) >= 11 is 0. The maximum atomic E-state index is 12.5. The van der Waals surface area contributed by atoms with Crippen LogP contribution in [0.4, 0.5) is 9.59 Å². The number of hydrogen-bond donors (Lipinski definition) is 3. The molecule has 0 fully saturated rings. The molecule has 8 nitrogen and oxygen atoms in total. The minimum Gasteiger partial charge on any atom is -0.465 e. The van der Waals surface area contributed by atoms with Crippen LogP contribution in [0.2, 0.25) is 0 Å². The van der Waals surface area contributed by atoms with E-state index in [-0.39, 0.29) is 89.6 Å². The average molecular weight is 517 g/mol. The number of allylic oxidation sites excluding steroid dienone is 2. The van der Waals surface area contributed by atoms with Gasteiger partial charge in [0.1, 0.15) is 0 Å². The van der Waals surface area contributed by atoms with Gasteiger partial charge in [0, 0.05) is 78.1 Å². The molecule has 0 aliphatic carbocycles. The third-order valence-electron chi connectivity index (χ3n) is 5.75. The predicted octanol–water partition coefficient (Wildman–Crippen LogP) is 5.13. The normalized spacial score (nSPS) is 11.4. The molecule has 1 unspecified atom stereocenters. The van der Waals surface area contributed by atoms with Gasteiger partial charge in [-0.2, -0.15) is 0 Å². The number of rotatable bonds is 20. The van der Waals surface area contributed by atoms with Crippen LogP contribution in [0.3, 0.4) is 0 Å². The zero-order valence-corrected chi connectivity index (χ0v) is 26.7. The molecule has 10 heteroatoms. The molecule has 3 N–H and O–H groups in total. The Labute approximate surface area is 256 Å². The Morgan fingerprint density at radius 2 is 1.23 bits per heavy atom. The summed E-state index contributed by atoms with van der Waals surface area (Å²) in [5.74, 6) is -0.190. The first kappa shape index (κ1) is 39.4. The molecule has 0 aliphatic heterocycles. The molecule has 1 atom stereocenters. The van der Waals surface area contributed by atoms with Gasteiger partial charge in [0.2, 0.25) is 5.91 Å². The Kier molecular flexibility index (Phi) is 30.4. The van der Waals surface area contributed by atoms with E-state index in [4.69, 9.17) is 10.2 Å². The Hall–Kier alpha value is -0.0900. The van der Waals surface area contributed by atoms with Crippen molar-refractivity contribution in [3.05, 3.63) is 12.2 Å². The van der Waals surface area contributed by atoms with Crippen LogP contribution < -0.4 is 0 Å². The van der Waals surface area contributed by atoms with Gasteiger partial charge in [0.15, 0.2) is 0 Å². The number of imide groups is 1. The van der Waals surface area contributed by atoms with E-state index < -0.39 is 18.2 Å². The van der Waals surface area contributed by atoms with Crippen LogP contribution in [-0.2, 0) is 4.79 Å². The van der Waals surface area contributed by atoms with Crippen LogP contribution in [0.1, 0.15) is 104 Å². The van der Waals surface area contributed by atoms with Crippen molar-refractivity contribution < 1.29 is 29.7 Å². The predicted molar refractivity (Wildman–Crippen MR) is 142 cm³/mol. The number of amides is 3.